The van der Waals surface area contributed by atoms with Crippen LogP contribution in [0, 0.1) is 6.92 Å². The van der Waals surface area contributed by atoms with Crippen LogP contribution in [0.2, 0.25) is 0 Å². The van der Waals surface area contributed by atoms with Crippen molar-refractivity contribution in [3.05, 3.63) is 83.4 Å². The molecule has 4 rings (SSSR count). The summed E-state index contributed by atoms with van der Waals surface area (Å²) in [5.41, 5.74) is 5.87. The quantitative estimate of drug-likeness (QED) is 0.681. The third-order valence-electron chi connectivity index (χ3n) is 5.44. The summed E-state index contributed by atoms with van der Waals surface area (Å²) in [5.74, 6) is 0. The standard InChI is InChI=1S/C22H24N4S/c1-4-16-9-11-17(12-10-16)26-21(19-13-8-15(2)25(19)3)20(24-22(26)27)18-7-5-6-14-23-18/h5-14,20-21H,4H2,1-3H3,(H,24,27). The van der Waals surface area contributed by atoms with Crippen molar-refractivity contribution in [1.82, 2.24) is 14.9 Å². The zero-order valence-corrected chi connectivity index (χ0v) is 16.7. The average molecular weight is 377 g/mol. The summed E-state index contributed by atoms with van der Waals surface area (Å²) >= 11 is 5.77. The molecule has 2 aromatic heterocycles. The molecule has 5 heteroatoms. The van der Waals surface area contributed by atoms with Gasteiger partial charge < -0.3 is 14.8 Å². The van der Waals surface area contributed by atoms with Crippen LogP contribution in [0.5, 0.6) is 0 Å². The molecule has 2 atom stereocenters. The van der Waals surface area contributed by atoms with Crippen molar-refractivity contribution in [1.29, 1.82) is 0 Å². The number of hydrogen-bond donors (Lipinski definition) is 1. The minimum Gasteiger partial charge on any atom is -0.351 e. The molecular weight excluding hydrogens is 352 g/mol. The fraction of sp³-hybridized carbons (Fsp3) is 0.273. The SMILES string of the molecule is CCc1ccc(N2C(=S)NC(c3ccccn3)C2c2ccc(C)n2C)cc1. The van der Waals surface area contributed by atoms with Crippen molar-refractivity contribution >= 4 is 23.0 Å². The van der Waals surface area contributed by atoms with E-state index in [9.17, 15) is 0 Å². The third-order valence-corrected chi connectivity index (χ3v) is 5.75. The van der Waals surface area contributed by atoms with Gasteiger partial charge >= 0.3 is 0 Å². The van der Waals surface area contributed by atoms with Crippen molar-refractivity contribution < 1.29 is 0 Å². The second-order valence-electron chi connectivity index (χ2n) is 6.98. The molecule has 0 saturated carbocycles. The van der Waals surface area contributed by atoms with E-state index in [4.69, 9.17) is 12.2 Å². The highest BCUT2D eigenvalue weighted by atomic mass is 32.1. The van der Waals surface area contributed by atoms with Gasteiger partial charge in [-0.3, -0.25) is 4.98 Å². The zero-order chi connectivity index (χ0) is 19.0. The summed E-state index contributed by atoms with van der Waals surface area (Å²) in [6.45, 7) is 4.30. The lowest BCUT2D eigenvalue weighted by Crippen LogP contribution is -2.30. The van der Waals surface area contributed by atoms with Crippen molar-refractivity contribution in [3.8, 4) is 0 Å². The second-order valence-corrected chi connectivity index (χ2v) is 7.36. The monoisotopic (exact) mass is 376 g/mol. The van der Waals surface area contributed by atoms with Gasteiger partial charge in [-0.1, -0.05) is 25.1 Å². The van der Waals surface area contributed by atoms with E-state index in [1.165, 1.54) is 17.0 Å². The minimum absolute atomic E-state index is 0.00227. The van der Waals surface area contributed by atoms with Gasteiger partial charge in [-0.05, 0) is 67.5 Å². The largest absolute Gasteiger partial charge is 0.351 e. The molecule has 3 heterocycles. The van der Waals surface area contributed by atoms with Gasteiger partial charge in [0.2, 0.25) is 0 Å². The van der Waals surface area contributed by atoms with Crippen LogP contribution < -0.4 is 10.2 Å². The highest BCUT2D eigenvalue weighted by molar-refractivity contribution is 7.80. The summed E-state index contributed by atoms with van der Waals surface area (Å²) in [6, 6.07) is 19.1. The maximum Gasteiger partial charge on any atom is 0.174 e. The number of thiocarbonyl (C=S) groups is 1. The molecular formula is C22H24N4S. The molecule has 1 aliphatic rings. The van der Waals surface area contributed by atoms with Crippen molar-refractivity contribution in [2.45, 2.75) is 32.4 Å². The van der Waals surface area contributed by atoms with Crippen molar-refractivity contribution in [3.63, 3.8) is 0 Å². The van der Waals surface area contributed by atoms with E-state index in [1.807, 2.05) is 18.3 Å². The normalized spacial score (nSPS) is 19.4. The predicted octanol–water partition coefficient (Wildman–Crippen LogP) is 4.47. The molecule has 2 unspecified atom stereocenters. The van der Waals surface area contributed by atoms with E-state index in [2.05, 4.69) is 83.1 Å². The van der Waals surface area contributed by atoms with E-state index in [0.717, 1.165) is 22.9 Å². The first-order valence-corrected chi connectivity index (χ1v) is 9.72. The fourth-order valence-electron chi connectivity index (χ4n) is 3.76. The Balaban J connectivity index is 1.83. The number of nitrogens with one attached hydrogen (secondary N) is 1. The number of benzene rings is 1. The lowest BCUT2D eigenvalue weighted by molar-refractivity contribution is 0.539. The lowest BCUT2D eigenvalue weighted by Gasteiger charge is -2.28. The molecule has 0 bridgehead atoms. The van der Waals surface area contributed by atoms with Gasteiger partial charge in [0.15, 0.2) is 5.11 Å². The molecule has 3 aromatic rings. The Morgan fingerprint density at radius 3 is 2.44 bits per heavy atom. The molecule has 1 fully saturated rings. The number of aromatic nitrogens is 2. The zero-order valence-electron chi connectivity index (χ0n) is 15.9. The van der Waals surface area contributed by atoms with Gasteiger partial charge in [-0.2, -0.15) is 0 Å². The molecule has 1 N–H and O–H groups in total. The topological polar surface area (TPSA) is 33.1 Å². The Hall–Kier alpha value is -2.66. The van der Waals surface area contributed by atoms with Gasteiger partial charge in [-0.15, -0.1) is 0 Å². The fourth-order valence-corrected chi connectivity index (χ4v) is 4.10. The molecule has 1 aromatic carbocycles. The van der Waals surface area contributed by atoms with Crippen LogP contribution in [0.3, 0.4) is 0 Å². The van der Waals surface area contributed by atoms with Crippen LogP contribution in [0.15, 0.2) is 60.8 Å². The van der Waals surface area contributed by atoms with E-state index >= 15 is 0 Å². The van der Waals surface area contributed by atoms with Crippen LogP contribution in [-0.2, 0) is 13.5 Å². The number of aryl methyl sites for hydroxylation is 2. The Morgan fingerprint density at radius 1 is 1.07 bits per heavy atom. The summed E-state index contributed by atoms with van der Waals surface area (Å²) < 4.78 is 2.24. The molecule has 0 spiro atoms. The lowest BCUT2D eigenvalue weighted by atomic mass is 10.0. The summed E-state index contributed by atoms with van der Waals surface area (Å²) in [5, 5.41) is 4.25. The molecule has 0 amide bonds. The first kappa shape index (κ1) is 17.7. The molecule has 27 heavy (non-hydrogen) atoms. The molecule has 0 aliphatic carbocycles. The van der Waals surface area contributed by atoms with E-state index in [0.29, 0.717) is 0 Å². The molecule has 1 saturated heterocycles. The number of hydrogen-bond acceptors (Lipinski definition) is 2. The highest BCUT2D eigenvalue weighted by Gasteiger charge is 2.41. The van der Waals surface area contributed by atoms with Gasteiger partial charge in [0, 0.05) is 30.3 Å². The van der Waals surface area contributed by atoms with Crippen LogP contribution >= 0.6 is 12.2 Å². The number of pyridine rings is 1. The molecule has 0 radical (unpaired) electrons. The van der Waals surface area contributed by atoms with Crippen LogP contribution in [0.4, 0.5) is 5.69 Å². The third kappa shape index (κ3) is 3.12. The minimum atomic E-state index is -0.00227. The summed E-state index contributed by atoms with van der Waals surface area (Å²) in [7, 11) is 2.11. The number of nitrogens with zero attached hydrogens (tertiary/aromatic N) is 3. The van der Waals surface area contributed by atoms with E-state index in [-0.39, 0.29) is 12.1 Å². The maximum absolute atomic E-state index is 5.77. The van der Waals surface area contributed by atoms with Crippen LogP contribution in [0.1, 0.15) is 41.7 Å². The van der Waals surface area contributed by atoms with Crippen molar-refractivity contribution in [2.75, 3.05) is 4.90 Å². The average Bonchev–Trinajstić information content (AvgIpc) is 3.22. The number of anilines is 1. The van der Waals surface area contributed by atoms with Gasteiger partial charge in [0.05, 0.1) is 11.7 Å². The number of rotatable bonds is 4. The van der Waals surface area contributed by atoms with E-state index < -0.39 is 0 Å². The van der Waals surface area contributed by atoms with Crippen LogP contribution in [-0.4, -0.2) is 14.7 Å². The Kier molecular flexibility index (Phi) is 4.70. The Morgan fingerprint density at radius 2 is 1.85 bits per heavy atom. The smallest absolute Gasteiger partial charge is 0.174 e. The van der Waals surface area contributed by atoms with Gasteiger partial charge in [0.25, 0.3) is 0 Å². The highest BCUT2D eigenvalue weighted by Crippen LogP contribution is 2.41. The van der Waals surface area contributed by atoms with Crippen LogP contribution in [0.25, 0.3) is 0 Å². The van der Waals surface area contributed by atoms with Gasteiger partial charge in [0.1, 0.15) is 6.04 Å². The molecule has 4 nitrogen and oxygen atoms in total. The first-order chi connectivity index (χ1) is 13.1. The Labute approximate surface area is 165 Å². The second kappa shape index (κ2) is 7.16. The van der Waals surface area contributed by atoms with Gasteiger partial charge in [-0.25, -0.2) is 0 Å². The molecule has 1 aliphatic heterocycles. The first-order valence-electron chi connectivity index (χ1n) is 9.32. The van der Waals surface area contributed by atoms with Crippen molar-refractivity contribution in [2.24, 2.45) is 7.05 Å². The Bertz CT molecular complexity index is 946. The summed E-state index contributed by atoms with van der Waals surface area (Å²) in [4.78, 5) is 6.83. The summed E-state index contributed by atoms with van der Waals surface area (Å²) in [6.07, 6.45) is 2.87. The molecule has 138 valence electrons. The maximum atomic E-state index is 5.77. The predicted molar refractivity (Wildman–Crippen MR) is 114 cm³/mol. The van der Waals surface area contributed by atoms with E-state index in [1.54, 1.807) is 0 Å².